The summed E-state index contributed by atoms with van der Waals surface area (Å²) in [6, 6.07) is 6.04. The quantitative estimate of drug-likeness (QED) is 0.713. The maximum atomic E-state index is 13.4. The lowest BCUT2D eigenvalue weighted by atomic mass is 9.97. The number of furan rings is 1. The van der Waals surface area contributed by atoms with Crippen LogP contribution in [-0.4, -0.2) is 57.3 Å². The molecule has 0 saturated carbocycles. The molecule has 1 aromatic carbocycles. The second-order valence-electron chi connectivity index (χ2n) is 7.49. The highest BCUT2D eigenvalue weighted by Crippen LogP contribution is 2.25. The van der Waals surface area contributed by atoms with Crippen molar-refractivity contribution in [2.45, 2.75) is 23.8 Å². The van der Waals surface area contributed by atoms with E-state index < -0.39 is 21.7 Å². The normalized spacial score (nSPS) is 17.2. The molecule has 1 aromatic heterocycles. The zero-order valence-corrected chi connectivity index (χ0v) is 17.7. The van der Waals surface area contributed by atoms with Crippen LogP contribution in [0.2, 0.25) is 0 Å². The molecule has 10 heteroatoms. The van der Waals surface area contributed by atoms with E-state index in [0.29, 0.717) is 25.5 Å². The summed E-state index contributed by atoms with van der Waals surface area (Å²) < 4.78 is 58.5. The van der Waals surface area contributed by atoms with Crippen molar-refractivity contribution < 1.29 is 26.4 Å². The van der Waals surface area contributed by atoms with E-state index in [-0.39, 0.29) is 35.9 Å². The molecule has 1 aliphatic rings. The lowest BCUT2D eigenvalue weighted by molar-refractivity contribution is -0.126. The number of likely N-dealkylation sites (N-methyl/N-ethyl adjacent to an activating group) is 1. The van der Waals surface area contributed by atoms with Crippen molar-refractivity contribution in [3.63, 3.8) is 0 Å². The molecule has 1 N–H and O–H groups in total. The topological polar surface area (TPSA) is 82.9 Å². The Morgan fingerprint density at radius 1 is 1.23 bits per heavy atom. The number of halogens is 2. The van der Waals surface area contributed by atoms with Gasteiger partial charge in [0.25, 0.3) is 0 Å². The lowest BCUT2D eigenvalue weighted by Crippen LogP contribution is -2.44. The summed E-state index contributed by atoms with van der Waals surface area (Å²) in [6.45, 7) is 0.635. The minimum atomic E-state index is -3.94. The predicted octanol–water partition coefficient (Wildman–Crippen LogP) is 2.38. The number of rotatable bonds is 7. The molecular weight excluding hydrogens is 416 g/mol. The van der Waals surface area contributed by atoms with E-state index in [1.165, 1.54) is 4.31 Å². The molecule has 164 valence electrons. The van der Waals surface area contributed by atoms with Gasteiger partial charge >= 0.3 is 0 Å². The molecule has 1 saturated heterocycles. The Morgan fingerprint density at radius 3 is 2.50 bits per heavy atom. The minimum Gasteiger partial charge on any atom is -0.468 e. The molecule has 1 amide bonds. The van der Waals surface area contributed by atoms with Gasteiger partial charge in [-0.25, -0.2) is 17.2 Å². The van der Waals surface area contributed by atoms with Gasteiger partial charge in [0.1, 0.15) is 5.76 Å². The van der Waals surface area contributed by atoms with Gasteiger partial charge in [0.2, 0.25) is 15.9 Å². The lowest BCUT2D eigenvalue weighted by Gasteiger charge is -2.31. The number of nitrogens with one attached hydrogen (secondary N) is 1. The molecule has 1 aliphatic heterocycles. The number of sulfonamides is 1. The number of nitrogens with zero attached hydrogens (tertiary/aromatic N) is 2. The van der Waals surface area contributed by atoms with Gasteiger partial charge in [-0.2, -0.15) is 4.31 Å². The van der Waals surface area contributed by atoms with Crippen LogP contribution < -0.4 is 5.32 Å². The third kappa shape index (κ3) is 4.88. The molecule has 0 bridgehead atoms. The van der Waals surface area contributed by atoms with Crippen LogP contribution in [0.25, 0.3) is 0 Å². The predicted molar refractivity (Wildman–Crippen MR) is 106 cm³/mol. The molecule has 7 nitrogen and oxygen atoms in total. The summed E-state index contributed by atoms with van der Waals surface area (Å²) in [7, 11) is -0.161. The maximum absolute atomic E-state index is 13.4. The van der Waals surface area contributed by atoms with Crippen molar-refractivity contribution in [2.24, 2.45) is 5.92 Å². The first-order chi connectivity index (χ1) is 14.2. The Hall–Kier alpha value is -2.30. The number of hydrogen-bond donors (Lipinski definition) is 1. The smallest absolute Gasteiger partial charge is 0.243 e. The van der Waals surface area contributed by atoms with Gasteiger partial charge in [-0.1, -0.05) is 0 Å². The van der Waals surface area contributed by atoms with E-state index in [2.05, 4.69) is 5.32 Å². The van der Waals surface area contributed by atoms with Gasteiger partial charge in [0.15, 0.2) is 11.6 Å². The Kier molecular flexibility index (Phi) is 6.89. The fourth-order valence-electron chi connectivity index (χ4n) is 3.50. The highest BCUT2D eigenvalue weighted by molar-refractivity contribution is 7.89. The van der Waals surface area contributed by atoms with Crippen molar-refractivity contribution in [2.75, 3.05) is 33.7 Å². The number of benzene rings is 1. The second kappa shape index (κ2) is 9.23. The molecule has 30 heavy (non-hydrogen) atoms. The number of piperidine rings is 1. The molecular formula is C20H25F2N3O4S. The first-order valence-electron chi connectivity index (χ1n) is 9.63. The van der Waals surface area contributed by atoms with E-state index in [9.17, 15) is 22.0 Å². The third-order valence-corrected chi connectivity index (χ3v) is 7.21. The molecule has 2 aromatic rings. The first-order valence-corrected chi connectivity index (χ1v) is 11.1. The van der Waals surface area contributed by atoms with Gasteiger partial charge in [0.05, 0.1) is 17.2 Å². The summed E-state index contributed by atoms with van der Waals surface area (Å²) in [5.74, 6) is -2.03. The third-order valence-electron chi connectivity index (χ3n) is 5.32. The molecule has 0 radical (unpaired) electrons. The highest BCUT2D eigenvalue weighted by atomic mass is 32.2. The Labute approximate surface area is 174 Å². The largest absolute Gasteiger partial charge is 0.468 e. The summed E-state index contributed by atoms with van der Waals surface area (Å²) in [5, 5.41) is 2.92. The van der Waals surface area contributed by atoms with E-state index in [0.717, 1.165) is 17.9 Å². The molecule has 1 atom stereocenters. The van der Waals surface area contributed by atoms with E-state index in [1.54, 1.807) is 12.3 Å². The van der Waals surface area contributed by atoms with Crippen LogP contribution in [-0.2, 0) is 14.8 Å². The van der Waals surface area contributed by atoms with Gasteiger partial charge in [-0.15, -0.1) is 0 Å². The standard InChI is InChI=1S/C20H25F2N3O4S/c1-24(2)18(19-4-3-11-29-19)13-23-20(26)14-7-9-25(10-8-14)30(27,28)15-5-6-16(21)17(22)12-15/h3-6,11-12,14,18H,7-10,13H2,1-2H3,(H,23,26). The van der Waals surface area contributed by atoms with Crippen LogP contribution in [0.15, 0.2) is 45.9 Å². The number of hydrogen-bond acceptors (Lipinski definition) is 5. The molecule has 0 spiro atoms. The summed E-state index contributed by atoms with van der Waals surface area (Å²) in [6.07, 6.45) is 2.28. The van der Waals surface area contributed by atoms with Crippen molar-refractivity contribution in [1.29, 1.82) is 0 Å². The zero-order chi connectivity index (χ0) is 21.9. The van der Waals surface area contributed by atoms with Gasteiger partial charge in [-0.3, -0.25) is 9.69 Å². The molecule has 1 fully saturated rings. The fourth-order valence-corrected chi connectivity index (χ4v) is 4.99. The minimum absolute atomic E-state index is 0.113. The van der Waals surface area contributed by atoms with Crippen LogP contribution in [0.3, 0.4) is 0 Å². The van der Waals surface area contributed by atoms with E-state index in [4.69, 9.17) is 4.42 Å². The Morgan fingerprint density at radius 2 is 1.93 bits per heavy atom. The summed E-state index contributed by atoms with van der Waals surface area (Å²) in [4.78, 5) is 14.2. The van der Waals surface area contributed by atoms with Gasteiger partial charge in [-0.05, 0) is 57.3 Å². The number of amides is 1. The average molecular weight is 442 g/mol. The molecule has 0 aliphatic carbocycles. The summed E-state index contributed by atoms with van der Waals surface area (Å²) >= 11 is 0. The van der Waals surface area contributed by atoms with Crippen LogP contribution in [0.1, 0.15) is 24.6 Å². The van der Waals surface area contributed by atoms with Crippen molar-refractivity contribution in [3.8, 4) is 0 Å². The molecule has 1 unspecified atom stereocenters. The van der Waals surface area contributed by atoms with Crippen molar-refractivity contribution in [1.82, 2.24) is 14.5 Å². The molecule has 3 rings (SSSR count). The van der Waals surface area contributed by atoms with Crippen LogP contribution in [0.4, 0.5) is 8.78 Å². The van der Waals surface area contributed by atoms with Crippen molar-refractivity contribution in [3.05, 3.63) is 54.0 Å². The van der Waals surface area contributed by atoms with Gasteiger partial charge < -0.3 is 9.73 Å². The zero-order valence-electron chi connectivity index (χ0n) is 16.8. The maximum Gasteiger partial charge on any atom is 0.243 e. The van der Waals surface area contributed by atoms with Crippen molar-refractivity contribution >= 4 is 15.9 Å². The monoisotopic (exact) mass is 441 g/mol. The molecule has 2 heterocycles. The van der Waals surface area contributed by atoms with Crippen LogP contribution in [0.5, 0.6) is 0 Å². The van der Waals surface area contributed by atoms with E-state index >= 15 is 0 Å². The highest BCUT2D eigenvalue weighted by Gasteiger charge is 2.33. The number of carbonyl (C=O) groups excluding carboxylic acids is 1. The average Bonchev–Trinajstić information content (AvgIpc) is 3.24. The SMILES string of the molecule is CN(C)C(CNC(=O)C1CCN(S(=O)(=O)c2ccc(F)c(F)c2)CC1)c1ccco1. The summed E-state index contributed by atoms with van der Waals surface area (Å²) in [5.41, 5.74) is 0. The first kappa shape index (κ1) is 22.4. The second-order valence-corrected chi connectivity index (χ2v) is 9.43. The van der Waals surface area contributed by atoms with E-state index in [1.807, 2.05) is 25.1 Å². The number of carbonyl (C=O) groups is 1. The van der Waals surface area contributed by atoms with Gasteiger partial charge in [0, 0.05) is 25.6 Å². The van der Waals surface area contributed by atoms with Crippen LogP contribution >= 0.6 is 0 Å². The Balaban J connectivity index is 1.57. The van der Waals surface area contributed by atoms with Crippen LogP contribution in [0, 0.1) is 17.6 Å². The fraction of sp³-hybridized carbons (Fsp3) is 0.450. The Bertz CT molecular complexity index is 972.